The van der Waals surface area contributed by atoms with Gasteiger partial charge in [0.1, 0.15) is 30.7 Å². The van der Waals surface area contributed by atoms with Crippen LogP contribution in [0.15, 0.2) is 43.0 Å². The highest BCUT2D eigenvalue weighted by Crippen LogP contribution is 2.31. The van der Waals surface area contributed by atoms with Crippen molar-refractivity contribution < 1.29 is 29.7 Å². The summed E-state index contributed by atoms with van der Waals surface area (Å²) in [7, 11) is 0. The minimum atomic E-state index is -1.25. The first kappa shape index (κ1) is 18.7. The lowest BCUT2D eigenvalue weighted by atomic mass is 10.1. The fourth-order valence-electron chi connectivity index (χ4n) is 3.54. The molecule has 1 fully saturated rings. The first-order chi connectivity index (χ1) is 13.6. The van der Waals surface area contributed by atoms with Gasteiger partial charge in [0.15, 0.2) is 11.7 Å². The smallest absolute Gasteiger partial charge is 0.251 e. The van der Waals surface area contributed by atoms with Crippen LogP contribution in [0.4, 0.5) is 5.82 Å². The van der Waals surface area contributed by atoms with Crippen molar-refractivity contribution in [1.29, 1.82) is 0 Å². The summed E-state index contributed by atoms with van der Waals surface area (Å²) in [5.74, 6) is 0.290. The van der Waals surface area contributed by atoms with Gasteiger partial charge in [0, 0.05) is 0 Å². The minimum Gasteiger partial charge on any atom is -0.394 e. The largest absolute Gasteiger partial charge is 0.394 e. The molecule has 1 aromatic carbocycles. The number of nitrogen functional groups attached to an aromatic ring is 1. The third-order valence-electron chi connectivity index (χ3n) is 5.08. The number of hydrogen-bond acceptors (Lipinski definition) is 8. The van der Waals surface area contributed by atoms with E-state index in [9.17, 15) is 20.4 Å². The maximum Gasteiger partial charge on any atom is 0.251 e. The Hall–Kier alpha value is -2.63. The van der Waals surface area contributed by atoms with Crippen molar-refractivity contribution in [1.82, 2.24) is 14.5 Å². The van der Waals surface area contributed by atoms with Crippen LogP contribution in [0.25, 0.3) is 11.2 Å². The predicted molar refractivity (Wildman–Crippen MR) is 96.8 cm³/mol. The van der Waals surface area contributed by atoms with Gasteiger partial charge in [0.05, 0.1) is 13.2 Å². The van der Waals surface area contributed by atoms with Gasteiger partial charge in [-0.05, 0) is 5.56 Å². The third-order valence-corrected chi connectivity index (χ3v) is 5.08. The van der Waals surface area contributed by atoms with E-state index in [1.54, 1.807) is 4.57 Å². The molecule has 5 atom stereocenters. The Morgan fingerprint density at radius 1 is 1.14 bits per heavy atom. The summed E-state index contributed by atoms with van der Waals surface area (Å²) in [5, 5.41) is 39.4. The molecule has 1 saturated heterocycles. The monoisotopic (exact) mass is 388 g/mol. The van der Waals surface area contributed by atoms with Crippen LogP contribution < -0.4 is 10.3 Å². The van der Waals surface area contributed by atoms with E-state index >= 15 is 0 Å². The second kappa shape index (κ2) is 7.41. The number of fused-ring (bicyclic) bond motifs is 1. The zero-order chi connectivity index (χ0) is 19.8. The summed E-state index contributed by atoms with van der Waals surface area (Å²) in [6.45, 7) is -0.603. The summed E-state index contributed by atoms with van der Waals surface area (Å²) in [6, 6.07) is 8.96. The zero-order valence-corrected chi connectivity index (χ0v) is 14.9. The molecule has 3 heterocycles. The second-order valence-corrected chi connectivity index (χ2v) is 6.70. The van der Waals surface area contributed by atoms with Crippen molar-refractivity contribution in [2.45, 2.75) is 30.6 Å². The molecule has 3 aromatic rings. The van der Waals surface area contributed by atoms with Crippen molar-refractivity contribution in [2.75, 3.05) is 18.9 Å². The predicted octanol–water partition coefficient (Wildman–Crippen LogP) is -1.51. The van der Waals surface area contributed by atoms with Gasteiger partial charge >= 0.3 is 0 Å². The van der Waals surface area contributed by atoms with E-state index in [0.29, 0.717) is 17.0 Å². The van der Waals surface area contributed by atoms with Gasteiger partial charge < -0.3 is 30.9 Å². The lowest BCUT2D eigenvalue weighted by molar-refractivity contribution is -0.703. The Morgan fingerprint density at radius 2 is 1.89 bits per heavy atom. The molecule has 0 bridgehead atoms. The molecule has 148 valence electrons. The van der Waals surface area contributed by atoms with Crippen LogP contribution in [-0.2, 0) is 4.74 Å². The van der Waals surface area contributed by atoms with Gasteiger partial charge in [0.2, 0.25) is 12.0 Å². The molecule has 10 heteroatoms. The Bertz CT molecular complexity index is 966. The average molecular weight is 388 g/mol. The van der Waals surface area contributed by atoms with Crippen molar-refractivity contribution in [3.63, 3.8) is 0 Å². The van der Waals surface area contributed by atoms with Crippen LogP contribution in [0.2, 0.25) is 0 Å². The normalized spacial score (nSPS) is 26.0. The molecule has 6 N–H and O–H groups in total. The van der Waals surface area contributed by atoms with E-state index in [2.05, 4.69) is 9.97 Å². The Balaban J connectivity index is 1.74. The summed E-state index contributed by atoms with van der Waals surface area (Å²) in [4.78, 5) is 8.67. The van der Waals surface area contributed by atoms with Gasteiger partial charge in [-0.2, -0.15) is 0 Å². The SMILES string of the molecule is Nc1c2ncn([C@@H]3O[C@H](CO)[C@@H](O)[C@H]3O)c2nc[n+]1C(CO)c1ccccc1. The lowest BCUT2D eigenvalue weighted by Crippen LogP contribution is -2.45. The highest BCUT2D eigenvalue weighted by Gasteiger charge is 2.44. The number of aromatic nitrogens is 4. The van der Waals surface area contributed by atoms with Gasteiger partial charge in [-0.3, -0.25) is 4.57 Å². The Morgan fingerprint density at radius 3 is 2.54 bits per heavy atom. The number of benzene rings is 1. The molecular formula is C18H22N5O5+. The van der Waals surface area contributed by atoms with Crippen molar-refractivity contribution in [3.05, 3.63) is 48.5 Å². The maximum absolute atomic E-state index is 10.3. The van der Waals surface area contributed by atoms with Crippen molar-refractivity contribution >= 4 is 17.0 Å². The standard InChI is InChI=1S/C18H21N5O5/c19-16-13-17(21-9-22(16)11(6-24)10-4-2-1-3-5-10)23(8-20-13)18-15(27)14(26)12(7-25)28-18/h1-5,8-9,11-12,14-15,18-19,24-27H,6-7H2/p+1/t11?,12-,14-,15-,18-/m1/s1. The molecule has 4 rings (SSSR count). The molecule has 1 unspecified atom stereocenters. The van der Waals surface area contributed by atoms with Gasteiger partial charge in [-0.15, -0.1) is 0 Å². The van der Waals surface area contributed by atoms with E-state index < -0.39 is 37.2 Å². The van der Waals surface area contributed by atoms with Crippen LogP contribution in [0.1, 0.15) is 17.8 Å². The molecule has 0 aliphatic carbocycles. The molecule has 1 aliphatic rings. The molecule has 0 amide bonds. The second-order valence-electron chi connectivity index (χ2n) is 6.70. The van der Waals surface area contributed by atoms with Crippen molar-refractivity contribution in [2.24, 2.45) is 0 Å². The van der Waals surface area contributed by atoms with E-state index in [0.717, 1.165) is 5.56 Å². The van der Waals surface area contributed by atoms with E-state index in [4.69, 9.17) is 10.5 Å². The van der Waals surface area contributed by atoms with Gasteiger partial charge in [0.25, 0.3) is 5.82 Å². The number of imidazole rings is 1. The number of hydrogen-bond donors (Lipinski definition) is 5. The van der Waals surface area contributed by atoms with Gasteiger partial charge in [-0.25, -0.2) is 9.55 Å². The molecule has 0 saturated carbocycles. The molecular weight excluding hydrogens is 366 g/mol. The van der Waals surface area contributed by atoms with Crippen LogP contribution in [-0.4, -0.2) is 66.5 Å². The van der Waals surface area contributed by atoms with E-state index in [1.165, 1.54) is 17.2 Å². The van der Waals surface area contributed by atoms with Crippen LogP contribution in [0.3, 0.4) is 0 Å². The summed E-state index contributed by atoms with van der Waals surface area (Å²) in [6.07, 6.45) is -1.43. The lowest BCUT2D eigenvalue weighted by Gasteiger charge is -2.17. The van der Waals surface area contributed by atoms with Crippen LogP contribution in [0.5, 0.6) is 0 Å². The van der Waals surface area contributed by atoms with Crippen LogP contribution in [0, 0.1) is 0 Å². The van der Waals surface area contributed by atoms with Gasteiger partial charge in [-0.1, -0.05) is 35.3 Å². The zero-order valence-electron chi connectivity index (χ0n) is 14.9. The number of rotatable bonds is 5. The number of anilines is 1. The fourth-order valence-corrected chi connectivity index (χ4v) is 3.54. The topological polar surface area (TPSA) is 151 Å². The minimum absolute atomic E-state index is 0.179. The van der Waals surface area contributed by atoms with Crippen molar-refractivity contribution in [3.8, 4) is 0 Å². The highest BCUT2D eigenvalue weighted by atomic mass is 16.6. The quantitative estimate of drug-likeness (QED) is 0.331. The van der Waals surface area contributed by atoms with E-state index in [-0.39, 0.29) is 6.61 Å². The summed E-state index contributed by atoms with van der Waals surface area (Å²) in [5.41, 5.74) is 7.89. The molecule has 28 heavy (non-hydrogen) atoms. The molecule has 1 aliphatic heterocycles. The molecule has 10 nitrogen and oxygen atoms in total. The summed E-state index contributed by atoms with van der Waals surface area (Å²) >= 11 is 0. The number of aliphatic hydroxyl groups is 4. The molecule has 2 aromatic heterocycles. The maximum atomic E-state index is 10.3. The number of nitrogens with two attached hydrogens (primary N) is 1. The Kier molecular flexibility index (Phi) is 4.96. The summed E-state index contributed by atoms with van der Waals surface area (Å²) < 4.78 is 8.64. The van der Waals surface area contributed by atoms with E-state index in [1.807, 2.05) is 30.3 Å². The number of ether oxygens (including phenoxy) is 1. The number of nitrogens with zero attached hydrogens (tertiary/aromatic N) is 4. The first-order valence-electron chi connectivity index (χ1n) is 8.87. The number of aliphatic hydroxyl groups excluding tert-OH is 4. The average Bonchev–Trinajstić information content (AvgIpc) is 3.27. The van der Waals surface area contributed by atoms with Crippen LogP contribution >= 0.6 is 0 Å². The molecule has 0 spiro atoms. The fraction of sp³-hybridized carbons (Fsp3) is 0.389. The highest BCUT2D eigenvalue weighted by molar-refractivity contribution is 5.79. The first-order valence-corrected chi connectivity index (χ1v) is 8.87. The Labute approximate surface area is 160 Å². The third kappa shape index (κ3) is 2.91. The molecule has 0 radical (unpaired) electrons.